The third kappa shape index (κ3) is 4.03. The molecule has 0 aromatic heterocycles. The van der Waals surface area contributed by atoms with Gasteiger partial charge in [0, 0.05) is 23.9 Å². The highest BCUT2D eigenvalue weighted by atomic mass is 16.6. The Bertz CT molecular complexity index is 571. The lowest BCUT2D eigenvalue weighted by Gasteiger charge is -2.29. The average molecular weight is 305 g/mol. The lowest BCUT2D eigenvalue weighted by molar-refractivity contribution is -0.384. The molecule has 1 aromatic carbocycles. The summed E-state index contributed by atoms with van der Waals surface area (Å²) in [4.78, 5) is 33.8. The Kier molecular flexibility index (Phi) is 5.08. The summed E-state index contributed by atoms with van der Waals surface area (Å²) in [5.74, 6) is -1.06. The summed E-state index contributed by atoms with van der Waals surface area (Å²) < 4.78 is 0. The molecule has 2 N–H and O–H groups in total. The van der Waals surface area contributed by atoms with Crippen LogP contribution in [0, 0.1) is 16.0 Å². The third-order valence-corrected chi connectivity index (χ3v) is 3.97. The van der Waals surface area contributed by atoms with E-state index in [9.17, 15) is 19.7 Å². The lowest BCUT2D eigenvalue weighted by Crippen LogP contribution is -2.45. The zero-order chi connectivity index (χ0) is 16.1. The van der Waals surface area contributed by atoms with Crippen LogP contribution in [-0.2, 0) is 9.59 Å². The van der Waals surface area contributed by atoms with Gasteiger partial charge >= 0.3 is 11.8 Å². The van der Waals surface area contributed by atoms with Gasteiger partial charge in [-0.2, -0.15) is 0 Å². The van der Waals surface area contributed by atoms with Crippen molar-refractivity contribution < 1.29 is 14.5 Å². The number of hydrogen-bond acceptors (Lipinski definition) is 4. The van der Waals surface area contributed by atoms with Crippen molar-refractivity contribution in [3.05, 3.63) is 34.4 Å². The first-order valence-electron chi connectivity index (χ1n) is 7.33. The van der Waals surface area contributed by atoms with Crippen molar-refractivity contribution in [2.75, 3.05) is 5.32 Å². The molecule has 2 atom stereocenters. The molecule has 118 valence electrons. The molecule has 1 saturated carbocycles. The van der Waals surface area contributed by atoms with Crippen LogP contribution in [0.2, 0.25) is 0 Å². The number of benzene rings is 1. The van der Waals surface area contributed by atoms with Crippen LogP contribution >= 0.6 is 0 Å². The first-order valence-corrected chi connectivity index (χ1v) is 7.33. The molecule has 7 heteroatoms. The predicted octanol–water partition coefficient (Wildman–Crippen LogP) is 2.23. The van der Waals surface area contributed by atoms with Gasteiger partial charge in [0.15, 0.2) is 0 Å². The van der Waals surface area contributed by atoms with Crippen LogP contribution in [0.1, 0.15) is 32.6 Å². The van der Waals surface area contributed by atoms with Gasteiger partial charge in [0.05, 0.1) is 4.92 Å². The second kappa shape index (κ2) is 7.02. The monoisotopic (exact) mass is 305 g/mol. The number of anilines is 1. The van der Waals surface area contributed by atoms with Crippen LogP contribution in [0.15, 0.2) is 24.3 Å². The van der Waals surface area contributed by atoms with E-state index in [0.717, 1.165) is 25.7 Å². The summed E-state index contributed by atoms with van der Waals surface area (Å²) in [6.45, 7) is 2.07. The number of non-ortho nitro benzene ring substituents is 1. The van der Waals surface area contributed by atoms with Gasteiger partial charge < -0.3 is 10.6 Å². The maximum Gasteiger partial charge on any atom is 0.313 e. The Balaban J connectivity index is 1.90. The first-order chi connectivity index (χ1) is 10.5. The summed E-state index contributed by atoms with van der Waals surface area (Å²) in [5.41, 5.74) is 0.279. The molecule has 1 aliphatic rings. The molecule has 2 amide bonds. The van der Waals surface area contributed by atoms with Crippen LogP contribution in [0.25, 0.3) is 0 Å². The van der Waals surface area contributed by atoms with E-state index in [0.29, 0.717) is 11.6 Å². The molecule has 0 bridgehead atoms. The smallest absolute Gasteiger partial charge is 0.313 e. The molecule has 2 rings (SSSR count). The standard InChI is InChI=1S/C15H19N3O4/c1-10-4-2-3-5-13(10)17-15(20)14(19)16-11-6-8-12(9-7-11)18(21)22/h6-10,13H,2-5H2,1H3,(H,16,19)(H,17,20). The van der Waals surface area contributed by atoms with E-state index in [-0.39, 0.29) is 11.7 Å². The average Bonchev–Trinajstić information content (AvgIpc) is 2.50. The highest BCUT2D eigenvalue weighted by Crippen LogP contribution is 2.23. The van der Waals surface area contributed by atoms with Gasteiger partial charge in [0.1, 0.15) is 0 Å². The van der Waals surface area contributed by atoms with Gasteiger partial charge in [-0.1, -0.05) is 19.8 Å². The van der Waals surface area contributed by atoms with Crippen molar-refractivity contribution in [3.63, 3.8) is 0 Å². The Labute approximate surface area is 128 Å². The lowest BCUT2D eigenvalue weighted by atomic mass is 9.86. The Morgan fingerprint density at radius 2 is 1.77 bits per heavy atom. The molecule has 1 fully saturated rings. The number of nitro benzene ring substituents is 1. The third-order valence-electron chi connectivity index (χ3n) is 3.97. The fourth-order valence-corrected chi connectivity index (χ4v) is 2.62. The van der Waals surface area contributed by atoms with Gasteiger partial charge in [-0.05, 0) is 30.9 Å². The van der Waals surface area contributed by atoms with E-state index in [4.69, 9.17) is 0 Å². The molecule has 0 spiro atoms. The fourth-order valence-electron chi connectivity index (χ4n) is 2.62. The maximum atomic E-state index is 11.9. The Morgan fingerprint density at radius 3 is 2.36 bits per heavy atom. The SMILES string of the molecule is CC1CCCCC1NC(=O)C(=O)Nc1ccc([N+](=O)[O-])cc1. The molecule has 0 aliphatic heterocycles. The van der Waals surface area contributed by atoms with Gasteiger partial charge in [0.25, 0.3) is 5.69 Å². The summed E-state index contributed by atoms with van der Waals surface area (Å²) >= 11 is 0. The molecule has 7 nitrogen and oxygen atoms in total. The fraction of sp³-hybridized carbons (Fsp3) is 0.467. The first kappa shape index (κ1) is 15.9. The highest BCUT2D eigenvalue weighted by Gasteiger charge is 2.25. The molecule has 0 radical (unpaired) electrons. The maximum absolute atomic E-state index is 11.9. The van der Waals surface area contributed by atoms with E-state index in [1.54, 1.807) is 0 Å². The number of carbonyl (C=O) groups is 2. The van der Waals surface area contributed by atoms with Crippen molar-refractivity contribution in [1.29, 1.82) is 0 Å². The zero-order valence-corrected chi connectivity index (χ0v) is 12.4. The Hall–Kier alpha value is -2.44. The largest absolute Gasteiger partial charge is 0.345 e. The van der Waals surface area contributed by atoms with E-state index in [1.165, 1.54) is 24.3 Å². The highest BCUT2D eigenvalue weighted by molar-refractivity contribution is 6.39. The molecule has 1 aliphatic carbocycles. The van der Waals surface area contributed by atoms with E-state index < -0.39 is 16.7 Å². The van der Waals surface area contributed by atoms with Crippen molar-refractivity contribution in [3.8, 4) is 0 Å². The number of nitrogens with zero attached hydrogens (tertiary/aromatic N) is 1. The molecule has 0 saturated heterocycles. The Morgan fingerprint density at radius 1 is 1.14 bits per heavy atom. The van der Waals surface area contributed by atoms with Crippen molar-refractivity contribution >= 4 is 23.2 Å². The minimum Gasteiger partial charge on any atom is -0.345 e. The van der Waals surface area contributed by atoms with Gasteiger partial charge in [-0.3, -0.25) is 19.7 Å². The van der Waals surface area contributed by atoms with E-state index in [1.807, 2.05) is 0 Å². The molecule has 2 unspecified atom stereocenters. The molecule has 0 heterocycles. The number of nitrogens with one attached hydrogen (secondary N) is 2. The van der Waals surface area contributed by atoms with Crippen molar-refractivity contribution in [1.82, 2.24) is 5.32 Å². The number of amides is 2. The normalized spacial score (nSPS) is 21.0. The van der Waals surface area contributed by atoms with Crippen LogP contribution in [0.4, 0.5) is 11.4 Å². The molecule has 1 aromatic rings. The van der Waals surface area contributed by atoms with Crippen LogP contribution in [0.5, 0.6) is 0 Å². The molecule has 22 heavy (non-hydrogen) atoms. The van der Waals surface area contributed by atoms with Gasteiger partial charge in [0.2, 0.25) is 0 Å². The van der Waals surface area contributed by atoms with Crippen molar-refractivity contribution in [2.24, 2.45) is 5.92 Å². The predicted molar refractivity (Wildman–Crippen MR) is 81.3 cm³/mol. The number of hydrogen-bond donors (Lipinski definition) is 2. The number of carbonyl (C=O) groups excluding carboxylic acids is 2. The number of rotatable bonds is 3. The van der Waals surface area contributed by atoms with Crippen LogP contribution in [-0.4, -0.2) is 22.8 Å². The van der Waals surface area contributed by atoms with Crippen molar-refractivity contribution in [2.45, 2.75) is 38.6 Å². The van der Waals surface area contributed by atoms with E-state index in [2.05, 4.69) is 17.6 Å². The van der Waals surface area contributed by atoms with Crippen LogP contribution in [0.3, 0.4) is 0 Å². The summed E-state index contributed by atoms with van der Waals surface area (Å²) in [6.07, 6.45) is 4.15. The second-order valence-corrected chi connectivity index (χ2v) is 5.60. The summed E-state index contributed by atoms with van der Waals surface area (Å²) in [6, 6.07) is 5.37. The molecular weight excluding hydrogens is 286 g/mol. The zero-order valence-electron chi connectivity index (χ0n) is 12.4. The minimum atomic E-state index is -0.758. The minimum absolute atomic E-state index is 0.0314. The number of nitro groups is 1. The summed E-state index contributed by atoms with van der Waals surface area (Å²) in [7, 11) is 0. The second-order valence-electron chi connectivity index (χ2n) is 5.60. The molecular formula is C15H19N3O4. The van der Waals surface area contributed by atoms with E-state index >= 15 is 0 Å². The summed E-state index contributed by atoms with van der Waals surface area (Å²) in [5, 5.41) is 15.7. The topological polar surface area (TPSA) is 101 Å². The van der Waals surface area contributed by atoms with Gasteiger partial charge in [-0.15, -0.1) is 0 Å². The quantitative estimate of drug-likeness (QED) is 0.508. The van der Waals surface area contributed by atoms with Crippen LogP contribution < -0.4 is 10.6 Å². The van der Waals surface area contributed by atoms with Gasteiger partial charge in [-0.25, -0.2) is 0 Å².